The maximum absolute atomic E-state index is 12.6. The van der Waals surface area contributed by atoms with E-state index >= 15 is 0 Å². The van der Waals surface area contributed by atoms with Crippen LogP contribution in [0.25, 0.3) is 0 Å². The van der Waals surface area contributed by atoms with Crippen LogP contribution in [0.3, 0.4) is 0 Å². The highest BCUT2D eigenvalue weighted by Crippen LogP contribution is 2.29. The van der Waals surface area contributed by atoms with Crippen LogP contribution in [0.1, 0.15) is 5.69 Å². The molecule has 0 spiro atoms. The summed E-state index contributed by atoms with van der Waals surface area (Å²) < 4.78 is 37.9. The number of amides is 1. The predicted octanol–water partition coefficient (Wildman–Crippen LogP) is 0.968. The van der Waals surface area contributed by atoms with E-state index in [1.165, 1.54) is 11.0 Å². The van der Waals surface area contributed by atoms with Crippen molar-refractivity contribution in [3.05, 3.63) is 24.0 Å². The highest BCUT2D eigenvalue weighted by Gasteiger charge is 2.32. The monoisotopic (exact) mass is 302 g/mol. The number of alkyl halides is 3. The Hall–Kier alpha value is -1.83. The molecule has 1 aromatic heterocycles. The Balaban J connectivity index is 2.02. The fraction of sp³-hybridized carbons (Fsp3) is 0.538. The SMILES string of the molecule is CN(CC(=O)N1CCNCC1)c1ccnc(C(F)(F)F)c1. The maximum Gasteiger partial charge on any atom is 0.433 e. The Bertz CT molecular complexity index is 500. The standard InChI is InChI=1S/C13H17F3N4O/c1-19(9-12(21)20-6-4-17-5-7-20)10-2-3-18-11(8-10)13(14,15)16/h2-3,8,17H,4-7,9H2,1H3. The smallest absolute Gasteiger partial charge is 0.365 e. The highest BCUT2D eigenvalue weighted by molar-refractivity contribution is 5.81. The second-order valence-electron chi connectivity index (χ2n) is 4.88. The molecule has 0 atom stereocenters. The van der Waals surface area contributed by atoms with Crippen LogP contribution in [-0.4, -0.2) is 55.6 Å². The molecule has 1 aromatic rings. The lowest BCUT2D eigenvalue weighted by atomic mass is 10.2. The number of carbonyl (C=O) groups is 1. The van der Waals surface area contributed by atoms with Crippen molar-refractivity contribution < 1.29 is 18.0 Å². The lowest BCUT2D eigenvalue weighted by Crippen LogP contribution is -2.49. The normalized spacial score (nSPS) is 15.9. The number of aromatic nitrogens is 1. The summed E-state index contributed by atoms with van der Waals surface area (Å²) in [5.74, 6) is -0.0932. The van der Waals surface area contributed by atoms with Crippen LogP contribution in [0.4, 0.5) is 18.9 Å². The average molecular weight is 302 g/mol. The zero-order valence-electron chi connectivity index (χ0n) is 11.7. The number of pyridine rings is 1. The highest BCUT2D eigenvalue weighted by atomic mass is 19.4. The van der Waals surface area contributed by atoms with Crippen LogP contribution < -0.4 is 10.2 Å². The average Bonchev–Trinajstić information content (AvgIpc) is 2.47. The van der Waals surface area contributed by atoms with Gasteiger partial charge in [-0.25, -0.2) is 0 Å². The third-order valence-corrected chi connectivity index (χ3v) is 3.32. The van der Waals surface area contributed by atoms with Crippen molar-refractivity contribution >= 4 is 11.6 Å². The molecule has 21 heavy (non-hydrogen) atoms. The Morgan fingerprint density at radius 1 is 1.43 bits per heavy atom. The third-order valence-electron chi connectivity index (χ3n) is 3.32. The zero-order valence-corrected chi connectivity index (χ0v) is 11.7. The molecule has 0 saturated carbocycles. The molecule has 0 aromatic carbocycles. The minimum Gasteiger partial charge on any atom is -0.365 e. The van der Waals surface area contributed by atoms with Crippen molar-refractivity contribution in [3.8, 4) is 0 Å². The topological polar surface area (TPSA) is 48.5 Å². The molecule has 0 aliphatic carbocycles. The van der Waals surface area contributed by atoms with Gasteiger partial charge in [-0.3, -0.25) is 9.78 Å². The Morgan fingerprint density at radius 3 is 2.71 bits per heavy atom. The van der Waals surface area contributed by atoms with Crippen LogP contribution in [0.5, 0.6) is 0 Å². The molecule has 2 heterocycles. The molecule has 1 N–H and O–H groups in total. The van der Waals surface area contributed by atoms with Gasteiger partial charge < -0.3 is 15.1 Å². The van der Waals surface area contributed by atoms with Crippen LogP contribution in [-0.2, 0) is 11.0 Å². The summed E-state index contributed by atoms with van der Waals surface area (Å²) in [6.45, 7) is 2.76. The van der Waals surface area contributed by atoms with Gasteiger partial charge in [0.25, 0.3) is 0 Å². The van der Waals surface area contributed by atoms with E-state index in [4.69, 9.17) is 0 Å². The van der Waals surface area contributed by atoms with Gasteiger partial charge in [0, 0.05) is 45.1 Å². The quantitative estimate of drug-likeness (QED) is 0.904. The zero-order chi connectivity index (χ0) is 15.5. The van der Waals surface area contributed by atoms with Crippen molar-refractivity contribution in [2.24, 2.45) is 0 Å². The van der Waals surface area contributed by atoms with Crippen LogP contribution in [0.15, 0.2) is 18.3 Å². The number of anilines is 1. The number of rotatable bonds is 3. The molecule has 0 bridgehead atoms. The summed E-state index contributed by atoms with van der Waals surface area (Å²) in [6.07, 6.45) is -3.39. The lowest BCUT2D eigenvalue weighted by Gasteiger charge is -2.29. The fourth-order valence-electron chi connectivity index (χ4n) is 2.12. The summed E-state index contributed by atoms with van der Waals surface area (Å²) in [4.78, 5) is 18.6. The summed E-state index contributed by atoms with van der Waals surface area (Å²) >= 11 is 0. The number of hydrogen-bond donors (Lipinski definition) is 1. The van der Waals surface area contributed by atoms with E-state index in [1.807, 2.05) is 0 Å². The summed E-state index contributed by atoms with van der Waals surface area (Å²) in [5, 5.41) is 3.14. The van der Waals surface area contributed by atoms with Crippen molar-refractivity contribution in [2.45, 2.75) is 6.18 Å². The number of halogens is 3. The predicted molar refractivity (Wildman–Crippen MR) is 72.0 cm³/mol. The summed E-state index contributed by atoms with van der Waals surface area (Å²) in [5.41, 5.74) is -0.637. The Kier molecular flexibility index (Phi) is 4.66. The fourth-order valence-corrected chi connectivity index (χ4v) is 2.12. The Labute approximate surface area is 120 Å². The van der Waals surface area contributed by atoms with Crippen molar-refractivity contribution in [1.82, 2.24) is 15.2 Å². The Morgan fingerprint density at radius 2 is 2.10 bits per heavy atom. The van der Waals surface area contributed by atoms with Crippen molar-refractivity contribution in [2.75, 3.05) is 44.7 Å². The second kappa shape index (κ2) is 6.30. The maximum atomic E-state index is 12.6. The van der Waals surface area contributed by atoms with E-state index in [0.717, 1.165) is 25.4 Å². The first-order chi connectivity index (χ1) is 9.88. The second-order valence-corrected chi connectivity index (χ2v) is 4.88. The van der Waals surface area contributed by atoms with Gasteiger partial charge in [-0.05, 0) is 12.1 Å². The summed E-state index contributed by atoms with van der Waals surface area (Å²) in [6, 6.07) is 2.41. The number of likely N-dealkylation sites (N-methyl/N-ethyl adjacent to an activating group) is 1. The first-order valence-electron chi connectivity index (χ1n) is 6.61. The van der Waals surface area contributed by atoms with E-state index in [-0.39, 0.29) is 12.5 Å². The molecular formula is C13H17F3N4O. The van der Waals surface area contributed by atoms with E-state index in [9.17, 15) is 18.0 Å². The molecule has 1 aliphatic heterocycles. The van der Waals surface area contributed by atoms with Gasteiger partial charge in [0.2, 0.25) is 5.91 Å². The molecule has 1 saturated heterocycles. The van der Waals surface area contributed by atoms with Crippen LogP contribution >= 0.6 is 0 Å². The number of hydrogen-bond acceptors (Lipinski definition) is 4. The molecule has 2 rings (SSSR count). The molecule has 116 valence electrons. The molecule has 0 unspecified atom stereocenters. The van der Waals surface area contributed by atoms with Gasteiger partial charge in [0.15, 0.2) is 0 Å². The minimum atomic E-state index is -4.49. The summed E-state index contributed by atoms with van der Waals surface area (Å²) in [7, 11) is 1.59. The van der Waals surface area contributed by atoms with Gasteiger partial charge in [0.05, 0.1) is 6.54 Å². The number of carbonyl (C=O) groups excluding carboxylic acids is 1. The van der Waals surface area contributed by atoms with E-state index in [0.29, 0.717) is 18.8 Å². The number of nitrogens with one attached hydrogen (secondary N) is 1. The van der Waals surface area contributed by atoms with E-state index in [1.54, 1.807) is 11.9 Å². The van der Waals surface area contributed by atoms with Gasteiger partial charge >= 0.3 is 6.18 Å². The molecule has 8 heteroatoms. The van der Waals surface area contributed by atoms with Gasteiger partial charge in [0.1, 0.15) is 5.69 Å². The molecule has 1 amide bonds. The van der Waals surface area contributed by atoms with Gasteiger partial charge in [-0.2, -0.15) is 13.2 Å². The molecular weight excluding hydrogens is 285 g/mol. The van der Waals surface area contributed by atoms with Crippen LogP contribution in [0.2, 0.25) is 0 Å². The lowest BCUT2D eigenvalue weighted by molar-refractivity contribution is -0.141. The first kappa shape index (κ1) is 15.6. The minimum absolute atomic E-state index is 0.0430. The first-order valence-corrected chi connectivity index (χ1v) is 6.61. The molecule has 1 fully saturated rings. The van der Waals surface area contributed by atoms with E-state index < -0.39 is 11.9 Å². The van der Waals surface area contributed by atoms with Gasteiger partial charge in [-0.1, -0.05) is 0 Å². The number of piperazine rings is 1. The third kappa shape index (κ3) is 4.07. The van der Waals surface area contributed by atoms with Crippen molar-refractivity contribution in [1.29, 1.82) is 0 Å². The molecule has 5 nitrogen and oxygen atoms in total. The van der Waals surface area contributed by atoms with Crippen molar-refractivity contribution in [3.63, 3.8) is 0 Å². The largest absolute Gasteiger partial charge is 0.433 e. The van der Waals surface area contributed by atoms with Gasteiger partial charge in [-0.15, -0.1) is 0 Å². The van der Waals surface area contributed by atoms with Crippen LogP contribution in [0, 0.1) is 0 Å². The number of nitrogens with zero attached hydrogens (tertiary/aromatic N) is 3. The molecule has 1 aliphatic rings. The molecule has 0 radical (unpaired) electrons. The van der Waals surface area contributed by atoms with E-state index in [2.05, 4.69) is 10.3 Å².